The molecule has 0 bridgehead atoms. The summed E-state index contributed by atoms with van der Waals surface area (Å²) in [6, 6.07) is 16.9. The summed E-state index contributed by atoms with van der Waals surface area (Å²) >= 11 is 0. The van der Waals surface area contributed by atoms with Crippen molar-refractivity contribution < 1.29 is 9.18 Å². The Bertz CT molecular complexity index is 825. The molecule has 1 heterocycles. The molecule has 8 heteroatoms. The van der Waals surface area contributed by atoms with E-state index in [1.54, 1.807) is 19.2 Å². The third-order valence-corrected chi connectivity index (χ3v) is 4.97. The van der Waals surface area contributed by atoms with Crippen molar-refractivity contribution in [3.8, 4) is 0 Å². The lowest BCUT2D eigenvalue weighted by Gasteiger charge is -2.37. The standard InChI is InChI=1S/C22H28FN5O.HI/c1-24-22(26-17-21(29)25-12-11-18-7-3-2-4-8-18)28-15-13-27(14-16-28)20-10-6-5-9-19(20)23;/h2-10H,11-17H2,1H3,(H,24,26)(H,25,29);1H. The Balaban J connectivity index is 0.00000320. The molecule has 1 amide bonds. The normalized spacial score (nSPS) is 14.1. The van der Waals surface area contributed by atoms with Crippen LogP contribution < -0.4 is 15.5 Å². The summed E-state index contributed by atoms with van der Waals surface area (Å²) in [4.78, 5) is 20.5. The van der Waals surface area contributed by atoms with Crippen LogP contribution in [0.25, 0.3) is 0 Å². The van der Waals surface area contributed by atoms with Gasteiger partial charge in [0.1, 0.15) is 5.82 Å². The molecule has 0 saturated carbocycles. The number of aliphatic imine (C=N–C) groups is 1. The van der Waals surface area contributed by atoms with Crippen molar-refractivity contribution in [1.82, 2.24) is 15.5 Å². The zero-order valence-corrected chi connectivity index (χ0v) is 19.5. The molecule has 1 saturated heterocycles. The summed E-state index contributed by atoms with van der Waals surface area (Å²) in [6.45, 7) is 3.60. The first-order valence-corrected chi connectivity index (χ1v) is 9.93. The number of rotatable bonds is 6. The van der Waals surface area contributed by atoms with Gasteiger partial charge in [0.2, 0.25) is 5.91 Å². The van der Waals surface area contributed by atoms with Gasteiger partial charge in [0.25, 0.3) is 0 Å². The molecule has 2 N–H and O–H groups in total. The first-order chi connectivity index (χ1) is 14.2. The second-order valence-corrected chi connectivity index (χ2v) is 6.91. The van der Waals surface area contributed by atoms with Gasteiger partial charge in [-0.3, -0.25) is 9.79 Å². The second-order valence-electron chi connectivity index (χ2n) is 6.91. The number of piperazine rings is 1. The van der Waals surface area contributed by atoms with Crippen molar-refractivity contribution in [2.24, 2.45) is 4.99 Å². The Labute approximate surface area is 194 Å². The average Bonchev–Trinajstić information content (AvgIpc) is 2.76. The maximum atomic E-state index is 14.0. The van der Waals surface area contributed by atoms with Gasteiger partial charge in [0.05, 0.1) is 12.2 Å². The third kappa shape index (κ3) is 6.86. The van der Waals surface area contributed by atoms with Crippen molar-refractivity contribution in [3.63, 3.8) is 0 Å². The highest BCUT2D eigenvalue weighted by Crippen LogP contribution is 2.20. The van der Waals surface area contributed by atoms with Crippen molar-refractivity contribution in [2.75, 3.05) is 51.2 Å². The molecule has 162 valence electrons. The molecular formula is C22H29FIN5O. The van der Waals surface area contributed by atoms with E-state index in [9.17, 15) is 9.18 Å². The van der Waals surface area contributed by atoms with Crippen LogP contribution in [0.5, 0.6) is 0 Å². The van der Waals surface area contributed by atoms with Crippen molar-refractivity contribution in [1.29, 1.82) is 0 Å². The van der Waals surface area contributed by atoms with Crippen LogP contribution >= 0.6 is 24.0 Å². The maximum Gasteiger partial charge on any atom is 0.239 e. The molecule has 2 aromatic rings. The first-order valence-electron chi connectivity index (χ1n) is 9.93. The molecule has 0 spiro atoms. The molecule has 6 nitrogen and oxygen atoms in total. The monoisotopic (exact) mass is 525 g/mol. The summed E-state index contributed by atoms with van der Waals surface area (Å²) in [5.74, 6) is 0.430. The Morgan fingerprint density at radius 3 is 2.33 bits per heavy atom. The Morgan fingerprint density at radius 2 is 1.67 bits per heavy atom. The predicted molar refractivity (Wildman–Crippen MR) is 130 cm³/mol. The number of amides is 1. The third-order valence-electron chi connectivity index (χ3n) is 4.97. The first kappa shape index (κ1) is 23.9. The summed E-state index contributed by atoms with van der Waals surface area (Å²) < 4.78 is 14.0. The number of carbonyl (C=O) groups is 1. The van der Waals surface area contributed by atoms with Crippen LogP contribution in [0.15, 0.2) is 59.6 Å². The lowest BCUT2D eigenvalue weighted by molar-refractivity contribution is -0.120. The van der Waals surface area contributed by atoms with Crippen LogP contribution in [0.3, 0.4) is 0 Å². The number of hydrogen-bond acceptors (Lipinski definition) is 3. The quantitative estimate of drug-likeness (QED) is 0.346. The SMILES string of the molecule is CN=C(NCC(=O)NCCc1ccccc1)N1CCN(c2ccccc2F)CC1.I. The number of nitrogens with one attached hydrogen (secondary N) is 2. The lowest BCUT2D eigenvalue weighted by atomic mass is 10.1. The Kier molecular flexibility index (Phi) is 9.85. The molecule has 30 heavy (non-hydrogen) atoms. The molecule has 0 aromatic heterocycles. The van der Waals surface area contributed by atoms with Crippen LogP contribution in [0.2, 0.25) is 0 Å². The number of guanidine groups is 1. The molecule has 2 aromatic carbocycles. The van der Waals surface area contributed by atoms with E-state index in [2.05, 4.69) is 20.5 Å². The van der Waals surface area contributed by atoms with Gasteiger partial charge >= 0.3 is 0 Å². The van der Waals surface area contributed by atoms with Gasteiger partial charge in [0, 0.05) is 39.8 Å². The van der Waals surface area contributed by atoms with Crippen LogP contribution in [-0.2, 0) is 11.2 Å². The van der Waals surface area contributed by atoms with Crippen molar-refractivity contribution in [3.05, 3.63) is 66.0 Å². The molecule has 0 atom stereocenters. The smallest absolute Gasteiger partial charge is 0.239 e. The number of benzene rings is 2. The maximum absolute atomic E-state index is 14.0. The molecule has 1 fully saturated rings. The molecular weight excluding hydrogens is 496 g/mol. The minimum atomic E-state index is -0.198. The fourth-order valence-electron chi connectivity index (χ4n) is 3.41. The van der Waals surface area contributed by atoms with Gasteiger partial charge in [-0.15, -0.1) is 24.0 Å². The minimum absolute atomic E-state index is 0. The van der Waals surface area contributed by atoms with E-state index >= 15 is 0 Å². The zero-order valence-electron chi connectivity index (χ0n) is 17.2. The molecule has 3 rings (SSSR count). The summed E-state index contributed by atoms with van der Waals surface area (Å²) in [5, 5.41) is 6.05. The van der Waals surface area contributed by atoms with Crippen LogP contribution in [0.1, 0.15) is 5.56 Å². The van der Waals surface area contributed by atoms with Crippen LogP contribution in [0.4, 0.5) is 10.1 Å². The van der Waals surface area contributed by atoms with Gasteiger partial charge in [-0.2, -0.15) is 0 Å². The van der Waals surface area contributed by atoms with E-state index in [1.807, 2.05) is 41.3 Å². The van der Waals surface area contributed by atoms with Gasteiger partial charge in [-0.05, 0) is 24.1 Å². The number of hydrogen-bond donors (Lipinski definition) is 2. The topological polar surface area (TPSA) is 60.0 Å². The number of carbonyl (C=O) groups excluding carboxylic acids is 1. The van der Waals surface area contributed by atoms with E-state index < -0.39 is 0 Å². The highest BCUT2D eigenvalue weighted by Gasteiger charge is 2.21. The minimum Gasteiger partial charge on any atom is -0.366 e. The average molecular weight is 525 g/mol. The summed E-state index contributed by atoms with van der Waals surface area (Å²) in [5.41, 5.74) is 1.83. The van der Waals surface area contributed by atoms with Gasteiger partial charge in [0.15, 0.2) is 5.96 Å². The van der Waals surface area contributed by atoms with Gasteiger partial charge in [-0.1, -0.05) is 42.5 Å². The number of anilines is 1. The number of halogens is 2. The highest BCUT2D eigenvalue weighted by atomic mass is 127. The van der Waals surface area contributed by atoms with Crippen molar-refractivity contribution in [2.45, 2.75) is 6.42 Å². The molecule has 0 unspecified atom stereocenters. The van der Waals surface area contributed by atoms with Crippen LogP contribution in [-0.4, -0.2) is 63.1 Å². The summed E-state index contributed by atoms with van der Waals surface area (Å²) in [7, 11) is 1.71. The van der Waals surface area contributed by atoms with Gasteiger partial charge in [-0.25, -0.2) is 4.39 Å². The van der Waals surface area contributed by atoms with E-state index in [1.165, 1.54) is 11.6 Å². The van der Waals surface area contributed by atoms with Crippen molar-refractivity contribution >= 4 is 41.5 Å². The fraction of sp³-hybridized carbons (Fsp3) is 0.364. The highest BCUT2D eigenvalue weighted by molar-refractivity contribution is 14.0. The summed E-state index contributed by atoms with van der Waals surface area (Å²) in [6.07, 6.45) is 0.805. The molecule has 1 aliphatic heterocycles. The number of para-hydroxylation sites is 1. The Morgan fingerprint density at radius 1 is 1.00 bits per heavy atom. The zero-order chi connectivity index (χ0) is 20.5. The van der Waals surface area contributed by atoms with E-state index in [0.29, 0.717) is 44.4 Å². The van der Waals surface area contributed by atoms with Gasteiger partial charge < -0.3 is 20.4 Å². The second kappa shape index (κ2) is 12.4. The largest absolute Gasteiger partial charge is 0.366 e. The van der Waals surface area contributed by atoms with E-state index in [4.69, 9.17) is 0 Å². The molecule has 1 aliphatic rings. The Hall–Kier alpha value is -2.36. The van der Waals surface area contributed by atoms with E-state index in [-0.39, 0.29) is 42.2 Å². The molecule has 0 aliphatic carbocycles. The predicted octanol–water partition coefficient (Wildman–Crippen LogP) is 2.50. The fourth-order valence-corrected chi connectivity index (χ4v) is 3.41. The van der Waals surface area contributed by atoms with E-state index in [0.717, 1.165) is 6.42 Å². The molecule has 0 radical (unpaired) electrons. The number of nitrogens with zero attached hydrogens (tertiary/aromatic N) is 3. The van der Waals surface area contributed by atoms with Crippen LogP contribution in [0, 0.1) is 5.82 Å². The lowest BCUT2D eigenvalue weighted by Crippen LogP contribution is -2.54.